The van der Waals surface area contributed by atoms with Gasteiger partial charge in [-0.3, -0.25) is 0 Å². The average Bonchev–Trinajstić information content (AvgIpc) is 2.78. The lowest BCUT2D eigenvalue weighted by Crippen LogP contribution is -2.39. The molecule has 4 rings (SSSR count). The van der Waals surface area contributed by atoms with Crippen molar-refractivity contribution in [1.29, 1.82) is 0 Å². The highest BCUT2D eigenvalue weighted by atomic mass is 35.5. The standard InChI is InChI=1S/C26H24ClNO3S/c1-17-6-5-8-20(16-17)25-22(26(29)30)14-15-23(19-10-12-21(27)13-11-19)28(25)32(31)24-9-4-3-7-18(24)2/h3-14,16,23,25H,15H2,1-2H3,(H,29,30). The van der Waals surface area contributed by atoms with Crippen LogP contribution in [0.25, 0.3) is 0 Å². The Hall–Kier alpha value is -2.73. The van der Waals surface area contributed by atoms with E-state index in [1.807, 2.05) is 90.9 Å². The van der Waals surface area contributed by atoms with Crippen molar-refractivity contribution in [3.63, 3.8) is 0 Å². The van der Waals surface area contributed by atoms with Crippen molar-refractivity contribution in [2.75, 3.05) is 0 Å². The minimum Gasteiger partial charge on any atom is -0.478 e. The number of rotatable bonds is 5. The molecular formula is C26H24ClNO3S. The molecule has 0 bridgehead atoms. The van der Waals surface area contributed by atoms with E-state index in [0.29, 0.717) is 16.3 Å². The number of hydrogen-bond donors (Lipinski definition) is 1. The zero-order chi connectivity index (χ0) is 22.8. The van der Waals surface area contributed by atoms with E-state index in [1.54, 1.807) is 6.08 Å². The summed E-state index contributed by atoms with van der Waals surface area (Å²) in [5.41, 5.74) is 3.90. The molecule has 0 saturated heterocycles. The Morgan fingerprint density at radius 1 is 1.00 bits per heavy atom. The molecule has 1 aliphatic heterocycles. The van der Waals surface area contributed by atoms with E-state index in [0.717, 1.165) is 22.3 Å². The fraction of sp³-hybridized carbons (Fsp3) is 0.192. The van der Waals surface area contributed by atoms with Crippen LogP contribution in [0.4, 0.5) is 0 Å². The second kappa shape index (κ2) is 9.41. The third-order valence-electron chi connectivity index (χ3n) is 5.75. The summed E-state index contributed by atoms with van der Waals surface area (Å²) in [5.74, 6) is -1.00. The van der Waals surface area contributed by atoms with E-state index < -0.39 is 23.0 Å². The first-order valence-electron chi connectivity index (χ1n) is 10.4. The molecule has 0 amide bonds. The highest BCUT2D eigenvalue weighted by Gasteiger charge is 2.41. The summed E-state index contributed by atoms with van der Waals surface area (Å²) >= 11 is 6.11. The van der Waals surface area contributed by atoms with Gasteiger partial charge in [0.25, 0.3) is 0 Å². The summed E-state index contributed by atoms with van der Waals surface area (Å²) in [6.07, 6.45) is 2.20. The molecule has 4 nitrogen and oxygen atoms in total. The highest BCUT2D eigenvalue weighted by molar-refractivity contribution is 7.82. The predicted molar refractivity (Wildman–Crippen MR) is 128 cm³/mol. The third-order valence-corrected chi connectivity index (χ3v) is 7.68. The Labute approximate surface area is 195 Å². The third kappa shape index (κ3) is 4.42. The van der Waals surface area contributed by atoms with Gasteiger partial charge in [0, 0.05) is 5.02 Å². The number of carbonyl (C=O) groups is 1. The number of aliphatic carboxylic acids is 1. The first-order chi connectivity index (χ1) is 15.4. The first-order valence-corrected chi connectivity index (χ1v) is 11.9. The molecule has 0 aliphatic carbocycles. The number of aryl methyl sites for hydroxylation is 2. The summed E-state index contributed by atoms with van der Waals surface area (Å²) in [5, 5.41) is 10.7. The largest absolute Gasteiger partial charge is 0.478 e. The van der Waals surface area contributed by atoms with Gasteiger partial charge in [-0.25, -0.2) is 13.3 Å². The number of benzene rings is 3. The minimum atomic E-state index is -1.60. The van der Waals surface area contributed by atoms with E-state index in [1.165, 1.54) is 0 Å². The molecule has 6 heteroatoms. The first kappa shape index (κ1) is 22.5. The van der Waals surface area contributed by atoms with Gasteiger partial charge in [-0.2, -0.15) is 0 Å². The Kier molecular flexibility index (Phi) is 6.60. The van der Waals surface area contributed by atoms with Crippen molar-refractivity contribution in [2.24, 2.45) is 0 Å². The Bertz CT molecular complexity index is 1210. The van der Waals surface area contributed by atoms with Gasteiger partial charge in [-0.1, -0.05) is 77.8 Å². The van der Waals surface area contributed by atoms with Crippen molar-refractivity contribution in [3.05, 3.63) is 112 Å². The number of carboxylic acids is 1. The lowest BCUT2D eigenvalue weighted by molar-refractivity contribution is -0.133. The SMILES string of the molecule is Cc1cccc(C2C(C(=O)O)=CCC(c3ccc(Cl)cc3)N2S(=O)c2ccccc2C)c1. The predicted octanol–water partition coefficient (Wildman–Crippen LogP) is 6.18. The summed E-state index contributed by atoms with van der Waals surface area (Å²) in [4.78, 5) is 12.9. The van der Waals surface area contributed by atoms with Crippen LogP contribution in [0.1, 0.15) is 40.8 Å². The lowest BCUT2D eigenvalue weighted by atomic mass is 9.89. The van der Waals surface area contributed by atoms with Gasteiger partial charge in [0.1, 0.15) is 11.0 Å². The zero-order valence-corrected chi connectivity index (χ0v) is 19.4. The smallest absolute Gasteiger partial charge is 0.333 e. The van der Waals surface area contributed by atoms with Crippen LogP contribution in [0.2, 0.25) is 5.02 Å². The van der Waals surface area contributed by atoms with E-state index in [-0.39, 0.29) is 11.6 Å². The van der Waals surface area contributed by atoms with Gasteiger partial charge in [-0.15, -0.1) is 0 Å². The molecule has 164 valence electrons. The van der Waals surface area contributed by atoms with Crippen LogP contribution in [0, 0.1) is 13.8 Å². The average molecular weight is 466 g/mol. The molecule has 0 aromatic heterocycles. The molecule has 1 heterocycles. The summed E-state index contributed by atoms with van der Waals surface area (Å²) < 4.78 is 15.9. The molecule has 3 aromatic carbocycles. The highest BCUT2D eigenvalue weighted by Crippen LogP contribution is 2.45. The van der Waals surface area contributed by atoms with Crippen molar-refractivity contribution >= 4 is 28.6 Å². The minimum absolute atomic E-state index is 0.239. The van der Waals surface area contributed by atoms with E-state index in [9.17, 15) is 14.1 Å². The van der Waals surface area contributed by atoms with Gasteiger partial charge in [0.2, 0.25) is 0 Å². The second-order valence-corrected chi connectivity index (χ2v) is 9.76. The number of hydrogen-bond acceptors (Lipinski definition) is 2. The topological polar surface area (TPSA) is 57.6 Å². The molecular weight excluding hydrogens is 442 g/mol. The van der Waals surface area contributed by atoms with E-state index in [2.05, 4.69) is 0 Å². The molecule has 3 atom stereocenters. The van der Waals surface area contributed by atoms with Crippen LogP contribution in [0.5, 0.6) is 0 Å². The fourth-order valence-corrected chi connectivity index (χ4v) is 5.94. The fourth-order valence-electron chi connectivity index (χ4n) is 4.19. The maximum Gasteiger partial charge on any atom is 0.333 e. The van der Waals surface area contributed by atoms with Crippen molar-refractivity contribution in [3.8, 4) is 0 Å². The quantitative estimate of drug-likeness (QED) is 0.489. The Balaban J connectivity index is 1.93. The number of nitrogens with zero attached hydrogens (tertiary/aromatic N) is 1. The molecule has 1 aliphatic rings. The van der Waals surface area contributed by atoms with Gasteiger partial charge >= 0.3 is 5.97 Å². The molecule has 0 fully saturated rings. The Morgan fingerprint density at radius 3 is 2.38 bits per heavy atom. The van der Waals surface area contributed by atoms with E-state index in [4.69, 9.17) is 11.6 Å². The molecule has 0 radical (unpaired) electrons. The van der Waals surface area contributed by atoms with Crippen molar-refractivity contribution in [2.45, 2.75) is 37.2 Å². The maximum absolute atomic E-state index is 14.1. The molecule has 32 heavy (non-hydrogen) atoms. The van der Waals surface area contributed by atoms with Gasteiger partial charge in [-0.05, 0) is 55.2 Å². The number of halogens is 1. The molecule has 3 unspecified atom stereocenters. The van der Waals surface area contributed by atoms with Gasteiger partial charge < -0.3 is 5.11 Å². The summed E-state index contributed by atoms with van der Waals surface area (Å²) in [6, 6.07) is 21.8. The van der Waals surface area contributed by atoms with Crippen LogP contribution >= 0.6 is 11.6 Å². The van der Waals surface area contributed by atoms with E-state index >= 15 is 0 Å². The second-order valence-electron chi connectivity index (χ2n) is 7.96. The van der Waals surface area contributed by atoms with Crippen molar-refractivity contribution in [1.82, 2.24) is 4.31 Å². The summed E-state index contributed by atoms with van der Waals surface area (Å²) in [6.45, 7) is 3.89. The van der Waals surface area contributed by atoms with Crippen LogP contribution in [0.15, 0.2) is 89.3 Å². The molecule has 1 N–H and O–H groups in total. The van der Waals surface area contributed by atoms with Crippen LogP contribution in [0.3, 0.4) is 0 Å². The zero-order valence-electron chi connectivity index (χ0n) is 17.9. The molecule has 3 aromatic rings. The summed E-state index contributed by atoms with van der Waals surface area (Å²) in [7, 11) is -1.60. The molecule has 0 saturated carbocycles. The van der Waals surface area contributed by atoms with Crippen LogP contribution < -0.4 is 0 Å². The lowest BCUT2D eigenvalue weighted by Gasteiger charge is -2.40. The monoisotopic (exact) mass is 465 g/mol. The maximum atomic E-state index is 14.1. The van der Waals surface area contributed by atoms with Gasteiger partial charge in [0.15, 0.2) is 0 Å². The normalized spacial score (nSPS) is 19.9. The molecule has 0 spiro atoms. The van der Waals surface area contributed by atoms with Crippen molar-refractivity contribution < 1.29 is 14.1 Å². The van der Waals surface area contributed by atoms with Crippen LogP contribution in [-0.2, 0) is 15.8 Å². The van der Waals surface area contributed by atoms with Gasteiger partial charge in [0.05, 0.1) is 22.6 Å². The van der Waals surface area contributed by atoms with Crippen LogP contribution in [-0.4, -0.2) is 19.6 Å². The number of carboxylic acid groups (broad SMARTS) is 1. The Morgan fingerprint density at radius 2 is 1.72 bits per heavy atom.